The van der Waals surface area contributed by atoms with Crippen LogP contribution in [0.15, 0.2) is 24.3 Å². The molecule has 1 saturated carbocycles. The Morgan fingerprint density at radius 3 is 2.32 bits per heavy atom. The lowest BCUT2D eigenvalue weighted by Crippen LogP contribution is -2.51. The predicted octanol–water partition coefficient (Wildman–Crippen LogP) is 4.60. The van der Waals surface area contributed by atoms with Crippen LogP contribution in [0.4, 0.5) is 5.69 Å². The van der Waals surface area contributed by atoms with E-state index in [-0.39, 0.29) is 5.54 Å². The minimum Gasteiger partial charge on any atom is -0.357 e. The largest absolute Gasteiger partial charge is 0.357 e. The highest BCUT2D eigenvalue weighted by Crippen LogP contribution is 2.35. The van der Waals surface area contributed by atoms with Crippen LogP contribution in [0.1, 0.15) is 39.5 Å². The maximum atomic E-state index is 5.87. The number of halogens is 1. The molecule has 0 aliphatic heterocycles. The van der Waals surface area contributed by atoms with Gasteiger partial charge in [-0.15, -0.1) is 0 Å². The Kier molecular flexibility index (Phi) is 4.69. The fraction of sp³-hybridized carbons (Fsp3) is 0.533. The van der Waals surface area contributed by atoms with E-state index in [1.807, 2.05) is 24.3 Å². The Bertz CT molecular complexity index is 436. The minimum absolute atomic E-state index is 0.163. The molecule has 104 valence electrons. The van der Waals surface area contributed by atoms with Gasteiger partial charge in [-0.1, -0.05) is 38.3 Å². The van der Waals surface area contributed by atoms with E-state index in [4.69, 9.17) is 23.8 Å². The lowest BCUT2D eigenvalue weighted by Gasteiger charge is -2.35. The van der Waals surface area contributed by atoms with Gasteiger partial charge in [-0.25, -0.2) is 0 Å². The summed E-state index contributed by atoms with van der Waals surface area (Å²) < 4.78 is 0. The summed E-state index contributed by atoms with van der Waals surface area (Å²) in [4.78, 5) is 0. The van der Waals surface area contributed by atoms with Crippen LogP contribution >= 0.6 is 23.8 Å². The third-order valence-electron chi connectivity index (χ3n) is 4.07. The summed E-state index contributed by atoms with van der Waals surface area (Å²) in [6, 6.07) is 7.60. The van der Waals surface area contributed by atoms with Crippen molar-refractivity contribution >= 4 is 34.6 Å². The Morgan fingerprint density at radius 2 is 1.79 bits per heavy atom. The molecular formula is C15H21ClN2S. The molecule has 0 spiro atoms. The highest BCUT2D eigenvalue weighted by atomic mass is 35.5. The second-order valence-corrected chi connectivity index (χ2v) is 6.45. The fourth-order valence-corrected chi connectivity index (χ4v) is 3.22. The molecule has 0 radical (unpaired) electrons. The zero-order valence-corrected chi connectivity index (χ0v) is 13.1. The average Bonchev–Trinajstić information content (AvgIpc) is 2.82. The summed E-state index contributed by atoms with van der Waals surface area (Å²) in [6.07, 6.45) is 4.98. The van der Waals surface area contributed by atoms with E-state index in [1.54, 1.807) is 0 Å². The van der Waals surface area contributed by atoms with Gasteiger partial charge in [0, 0.05) is 16.2 Å². The second-order valence-electron chi connectivity index (χ2n) is 5.60. The number of thiocarbonyl (C=S) groups is 1. The van der Waals surface area contributed by atoms with Crippen molar-refractivity contribution in [3.05, 3.63) is 29.3 Å². The van der Waals surface area contributed by atoms with Crippen molar-refractivity contribution in [2.24, 2.45) is 5.92 Å². The highest BCUT2D eigenvalue weighted by molar-refractivity contribution is 7.80. The Labute approximate surface area is 125 Å². The molecule has 0 bridgehead atoms. The first-order chi connectivity index (χ1) is 9.02. The fourth-order valence-electron chi connectivity index (χ4n) is 2.77. The van der Waals surface area contributed by atoms with Crippen LogP contribution in [0.3, 0.4) is 0 Å². The molecule has 2 N–H and O–H groups in total. The van der Waals surface area contributed by atoms with Crippen LogP contribution in [0.2, 0.25) is 5.02 Å². The molecule has 4 heteroatoms. The van der Waals surface area contributed by atoms with Gasteiger partial charge in [0.15, 0.2) is 5.11 Å². The van der Waals surface area contributed by atoms with Crippen molar-refractivity contribution in [3.63, 3.8) is 0 Å². The maximum Gasteiger partial charge on any atom is 0.171 e. The van der Waals surface area contributed by atoms with E-state index in [1.165, 1.54) is 25.7 Å². The quantitative estimate of drug-likeness (QED) is 0.798. The standard InChI is InChI=1S/C15H21ClN2S/c1-11(2)15(9-3-4-10-15)18-14(19)17-13-7-5-12(16)6-8-13/h5-8,11H,3-4,9-10H2,1-2H3,(H2,17,18,19). The molecule has 0 unspecified atom stereocenters. The molecule has 0 saturated heterocycles. The molecule has 1 aromatic carbocycles. The molecular weight excluding hydrogens is 276 g/mol. The average molecular weight is 297 g/mol. The van der Waals surface area contributed by atoms with Gasteiger partial charge in [0.05, 0.1) is 0 Å². The summed E-state index contributed by atoms with van der Waals surface area (Å²) in [5.41, 5.74) is 1.13. The van der Waals surface area contributed by atoms with Gasteiger partial charge in [0.1, 0.15) is 0 Å². The summed E-state index contributed by atoms with van der Waals surface area (Å²) in [5, 5.41) is 8.22. The van der Waals surface area contributed by atoms with Crippen molar-refractivity contribution in [2.45, 2.75) is 45.1 Å². The van der Waals surface area contributed by atoms with Crippen molar-refractivity contribution in [1.29, 1.82) is 0 Å². The van der Waals surface area contributed by atoms with Crippen LogP contribution in [0.25, 0.3) is 0 Å². The third-order valence-corrected chi connectivity index (χ3v) is 4.52. The Morgan fingerprint density at radius 1 is 1.21 bits per heavy atom. The first-order valence-corrected chi connectivity index (χ1v) is 7.65. The Hall–Kier alpha value is -0.800. The van der Waals surface area contributed by atoms with Gasteiger partial charge in [0.25, 0.3) is 0 Å². The van der Waals surface area contributed by atoms with Crippen molar-refractivity contribution in [2.75, 3.05) is 5.32 Å². The first-order valence-electron chi connectivity index (χ1n) is 6.86. The van der Waals surface area contributed by atoms with Crippen molar-refractivity contribution in [3.8, 4) is 0 Å². The van der Waals surface area contributed by atoms with Gasteiger partial charge < -0.3 is 10.6 Å². The van der Waals surface area contributed by atoms with Gasteiger partial charge in [-0.3, -0.25) is 0 Å². The molecule has 0 aromatic heterocycles. The van der Waals surface area contributed by atoms with Gasteiger partial charge in [-0.2, -0.15) is 0 Å². The molecule has 2 nitrogen and oxygen atoms in total. The molecule has 2 rings (SSSR count). The minimum atomic E-state index is 0.163. The molecule has 0 amide bonds. The predicted molar refractivity (Wildman–Crippen MR) is 86.8 cm³/mol. The topological polar surface area (TPSA) is 24.1 Å². The number of anilines is 1. The number of benzene rings is 1. The van der Waals surface area contributed by atoms with Crippen LogP contribution in [-0.2, 0) is 0 Å². The second kappa shape index (κ2) is 6.10. The molecule has 1 aromatic rings. The molecule has 0 heterocycles. The van der Waals surface area contributed by atoms with Crippen LogP contribution in [0.5, 0.6) is 0 Å². The van der Waals surface area contributed by atoms with E-state index < -0.39 is 0 Å². The molecule has 1 fully saturated rings. The Balaban J connectivity index is 1.98. The summed E-state index contributed by atoms with van der Waals surface area (Å²) in [6.45, 7) is 4.53. The molecule has 1 aliphatic rings. The van der Waals surface area contributed by atoms with Crippen molar-refractivity contribution in [1.82, 2.24) is 5.32 Å². The summed E-state index contributed by atoms with van der Waals surface area (Å²) in [5.74, 6) is 0.583. The van der Waals surface area contributed by atoms with E-state index >= 15 is 0 Å². The number of hydrogen-bond acceptors (Lipinski definition) is 1. The van der Waals surface area contributed by atoms with Gasteiger partial charge in [0.2, 0.25) is 0 Å². The highest BCUT2D eigenvalue weighted by Gasteiger charge is 2.37. The summed E-state index contributed by atoms with van der Waals surface area (Å²) >= 11 is 11.3. The molecule has 19 heavy (non-hydrogen) atoms. The number of hydrogen-bond donors (Lipinski definition) is 2. The first kappa shape index (κ1) is 14.6. The molecule has 1 aliphatic carbocycles. The zero-order valence-electron chi connectivity index (χ0n) is 11.5. The third kappa shape index (κ3) is 3.61. The van der Waals surface area contributed by atoms with E-state index in [2.05, 4.69) is 24.5 Å². The van der Waals surface area contributed by atoms with Crippen molar-refractivity contribution < 1.29 is 0 Å². The number of rotatable bonds is 3. The van der Waals surface area contributed by atoms with E-state index in [0.29, 0.717) is 11.0 Å². The van der Waals surface area contributed by atoms with Gasteiger partial charge in [-0.05, 0) is 55.2 Å². The zero-order chi connectivity index (χ0) is 13.9. The maximum absolute atomic E-state index is 5.87. The monoisotopic (exact) mass is 296 g/mol. The number of nitrogens with one attached hydrogen (secondary N) is 2. The smallest absolute Gasteiger partial charge is 0.171 e. The van der Waals surface area contributed by atoms with Crippen LogP contribution < -0.4 is 10.6 Å². The van der Waals surface area contributed by atoms with Crippen LogP contribution in [0, 0.1) is 5.92 Å². The van der Waals surface area contributed by atoms with Crippen LogP contribution in [-0.4, -0.2) is 10.7 Å². The van der Waals surface area contributed by atoms with Gasteiger partial charge >= 0.3 is 0 Å². The summed E-state index contributed by atoms with van der Waals surface area (Å²) in [7, 11) is 0. The SMILES string of the molecule is CC(C)C1(NC(=S)Nc2ccc(Cl)cc2)CCCC1. The molecule has 0 atom stereocenters. The van der Waals surface area contributed by atoms with E-state index in [0.717, 1.165) is 10.7 Å². The van der Waals surface area contributed by atoms with E-state index in [9.17, 15) is 0 Å². The lowest BCUT2D eigenvalue weighted by molar-refractivity contribution is 0.283. The normalized spacial score (nSPS) is 17.5. The lowest BCUT2D eigenvalue weighted by atomic mass is 9.85.